The van der Waals surface area contributed by atoms with E-state index in [0.717, 1.165) is 38.0 Å². The molecule has 0 radical (unpaired) electrons. The second-order valence-corrected chi connectivity index (χ2v) is 10.6. The molecule has 7 rings (SSSR count). The van der Waals surface area contributed by atoms with Gasteiger partial charge in [-0.3, -0.25) is 24.9 Å². The standard InChI is InChI=1S/C27H29N5O2/c33-26-20-8-7-18(12-21(20)27(34)30-26)28-13-15-10-19(11-15)32-14-22(25(31-32)17-4-5-17)24-9-6-16-2-1-3-23(16)29-24/h6-9,12,15,17,19,22,28H,1-5,10-11,13-14H2,(H,30,33,34). The summed E-state index contributed by atoms with van der Waals surface area (Å²) in [5, 5.41) is 13.3. The van der Waals surface area contributed by atoms with Gasteiger partial charge in [-0.2, -0.15) is 5.10 Å². The maximum atomic E-state index is 11.9. The lowest BCUT2D eigenvalue weighted by molar-refractivity contribution is 0.0879. The summed E-state index contributed by atoms with van der Waals surface area (Å²) >= 11 is 0. The minimum Gasteiger partial charge on any atom is -0.385 e. The highest BCUT2D eigenvalue weighted by Gasteiger charge is 2.43. The zero-order valence-corrected chi connectivity index (χ0v) is 19.2. The number of amides is 2. The van der Waals surface area contributed by atoms with Gasteiger partial charge in [-0.25, -0.2) is 0 Å². The number of pyridine rings is 1. The Morgan fingerprint density at radius 2 is 1.88 bits per heavy atom. The number of benzene rings is 1. The molecular formula is C27H29N5O2. The van der Waals surface area contributed by atoms with Crippen LogP contribution in [0.4, 0.5) is 5.69 Å². The van der Waals surface area contributed by atoms with E-state index in [1.165, 1.54) is 48.3 Å². The molecule has 5 aliphatic rings. The maximum Gasteiger partial charge on any atom is 0.259 e. The molecule has 2 aliphatic heterocycles. The van der Waals surface area contributed by atoms with Gasteiger partial charge in [-0.15, -0.1) is 0 Å². The molecule has 1 unspecified atom stereocenters. The minimum absolute atomic E-state index is 0.307. The molecule has 1 atom stereocenters. The first-order valence-corrected chi connectivity index (χ1v) is 12.7. The zero-order chi connectivity index (χ0) is 22.8. The third kappa shape index (κ3) is 3.40. The zero-order valence-electron chi connectivity index (χ0n) is 19.2. The SMILES string of the molecule is O=C1NC(=O)c2cc(NCC3CC(N4CC(c5ccc6c(n5)CCC6)C(C5CC5)=N4)C3)ccc21. The molecule has 7 nitrogen and oxygen atoms in total. The summed E-state index contributed by atoms with van der Waals surface area (Å²) in [5.74, 6) is 0.990. The highest BCUT2D eigenvalue weighted by molar-refractivity contribution is 6.21. The number of hydrogen-bond acceptors (Lipinski definition) is 6. The number of hydrazone groups is 1. The summed E-state index contributed by atoms with van der Waals surface area (Å²) in [6.45, 7) is 1.84. The molecule has 3 heterocycles. The predicted octanol–water partition coefficient (Wildman–Crippen LogP) is 3.51. The van der Waals surface area contributed by atoms with Crippen molar-refractivity contribution in [2.24, 2.45) is 16.9 Å². The topological polar surface area (TPSA) is 86.7 Å². The number of rotatable bonds is 6. The van der Waals surface area contributed by atoms with E-state index in [-0.39, 0.29) is 11.8 Å². The summed E-state index contributed by atoms with van der Waals surface area (Å²) < 4.78 is 0. The number of aryl methyl sites for hydroxylation is 2. The van der Waals surface area contributed by atoms with Crippen LogP contribution >= 0.6 is 0 Å². The van der Waals surface area contributed by atoms with Gasteiger partial charge < -0.3 is 5.32 Å². The Kier molecular flexibility index (Phi) is 4.54. The van der Waals surface area contributed by atoms with Crippen LogP contribution in [-0.2, 0) is 12.8 Å². The number of anilines is 1. The van der Waals surface area contributed by atoms with E-state index in [1.807, 2.05) is 6.07 Å². The van der Waals surface area contributed by atoms with Crippen molar-refractivity contribution in [1.29, 1.82) is 0 Å². The average Bonchev–Trinajstić information content (AvgIpc) is 3.27. The Balaban J connectivity index is 0.978. The van der Waals surface area contributed by atoms with E-state index >= 15 is 0 Å². The van der Waals surface area contributed by atoms with Crippen molar-refractivity contribution in [3.05, 3.63) is 58.4 Å². The first-order chi connectivity index (χ1) is 16.6. The summed E-state index contributed by atoms with van der Waals surface area (Å²) in [6.07, 6.45) is 8.34. The van der Waals surface area contributed by atoms with Crippen molar-refractivity contribution in [2.75, 3.05) is 18.4 Å². The third-order valence-electron chi connectivity index (χ3n) is 8.24. The summed E-state index contributed by atoms with van der Waals surface area (Å²) in [7, 11) is 0. The first-order valence-electron chi connectivity index (χ1n) is 12.7. The number of aromatic nitrogens is 1. The van der Waals surface area contributed by atoms with Crippen LogP contribution in [0.3, 0.4) is 0 Å². The van der Waals surface area contributed by atoms with Crippen molar-refractivity contribution >= 4 is 23.2 Å². The Morgan fingerprint density at radius 3 is 2.74 bits per heavy atom. The third-order valence-corrected chi connectivity index (χ3v) is 8.24. The molecule has 34 heavy (non-hydrogen) atoms. The van der Waals surface area contributed by atoms with E-state index in [0.29, 0.717) is 34.9 Å². The lowest BCUT2D eigenvalue weighted by atomic mass is 9.79. The van der Waals surface area contributed by atoms with Gasteiger partial charge in [0.1, 0.15) is 0 Å². The predicted molar refractivity (Wildman–Crippen MR) is 129 cm³/mol. The van der Waals surface area contributed by atoms with E-state index in [4.69, 9.17) is 10.1 Å². The van der Waals surface area contributed by atoms with Gasteiger partial charge in [0, 0.05) is 24.0 Å². The van der Waals surface area contributed by atoms with Crippen LogP contribution in [0.1, 0.15) is 75.7 Å². The van der Waals surface area contributed by atoms with Gasteiger partial charge in [0.25, 0.3) is 11.8 Å². The summed E-state index contributed by atoms with van der Waals surface area (Å²) in [4.78, 5) is 28.7. The average molecular weight is 456 g/mol. The second-order valence-electron chi connectivity index (χ2n) is 10.6. The number of carbonyl (C=O) groups is 2. The number of hydrogen-bond donors (Lipinski definition) is 2. The van der Waals surface area contributed by atoms with Crippen LogP contribution in [0, 0.1) is 11.8 Å². The summed E-state index contributed by atoms with van der Waals surface area (Å²) in [5.41, 5.74) is 7.17. The molecule has 2 amide bonds. The molecule has 2 fully saturated rings. The van der Waals surface area contributed by atoms with Gasteiger partial charge in [0.2, 0.25) is 0 Å². The number of imide groups is 1. The Morgan fingerprint density at radius 1 is 1.03 bits per heavy atom. The van der Waals surface area contributed by atoms with E-state index < -0.39 is 0 Å². The Bertz CT molecular complexity index is 1230. The van der Waals surface area contributed by atoms with Gasteiger partial charge in [0.15, 0.2) is 0 Å². The van der Waals surface area contributed by atoms with Gasteiger partial charge in [-0.1, -0.05) is 6.07 Å². The molecule has 2 N–H and O–H groups in total. The van der Waals surface area contributed by atoms with Crippen LogP contribution in [0.25, 0.3) is 0 Å². The Labute approximate surface area is 199 Å². The van der Waals surface area contributed by atoms with Crippen molar-refractivity contribution in [1.82, 2.24) is 15.3 Å². The molecule has 7 heteroatoms. The first kappa shape index (κ1) is 20.2. The van der Waals surface area contributed by atoms with E-state index in [9.17, 15) is 9.59 Å². The van der Waals surface area contributed by atoms with Crippen LogP contribution < -0.4 is 10.6 Å². The fourth-order valence-electron chi connectivity index (χ4n) is 6.04. The molecule has 2 saturated carbocycles. The van der Waals surface area contributed by atoms with E-state index in [2.05, 4.69) is 27.8 Å². The lowest BCUT2D eigenvalue weighted by Gasteiger charge is -2.40. The number of nitrogens with one attached hydrogen (secondary N) is 2. The molecule has 1 aromatic heterocycles. The van der Waals surface area contributed by atoms with Crippen molar-refractivity contribution < 1.29 is 9.59 Å². The summed E-state index contributed by atoms with van der Waals surface area (Å²) in [6, 6.07) is 10.5. The minimum atomic E-state index is -0.307. The normalized spacial score (nSPS) is 27.2. The smallest absolute Gasteiger partial charge is 0.259 e. The molecule has 174 valence electrons. The molecule has 2 aromatic rings. The highest BCUT2D eigenvalue weighted by atomic mass is 16.2. The number of fused-ring (bicyclic) bond motifs is 2. The largest absolute Gasteiger partial charge is 0.385 e. The second kappa shape index (κ2) is 7.65. The molecule has 0 bridgehead atoms. The molecule has 0 saturated heterocycles. The van der Waals surface area contributed by atoms with Crippen LogP contribution in [0.15, 0.2) is 35.4 Å². The lowest BCUT2D eigenvalue weighted by Crippen LogP contribution is -2.43. The van der Waals surface area contributed by atoms with Crippen molar-refractivity contribution in [3.63, 3.8) is 0 Å². The highest BCUT2D eigenvalue weighted by Crippen LogP contribution is 2.43. The van der Waals surface area contributed by atoms with Crippen LogP contribution in [-0.4, -0.2) is 46.7 Å². The monoisotopic (exact) mass is 455 g/mol. The fourth-order valence-corrected chi connectivity index (χ4v) is 6.04. The fraction of sp³-hybridized carbons (Fsp3) is 0.481. The van der Waals surface area contributed by atoms with Crippen LogP contribution in [0.2, 0.25) is 0 Å². The molecule has 3 aliphatic carbocycles. The Hall–Kier alpha value is -3.22. The quantitative estimate of drug-likeness (QED) is 0.651. The molecular weight excluding hydrogens is 426 g/mol. The van der Waals surface area contributed by atoms with Crippen molar-refractivity contribution in [3.8, 4) is 0 Å². The molecule has 0 spiro atoms. The van der Waals surface area contributed by atoms with Gasteiger partial charge in [0.05, 0.1) is 35.0 Å². The molecule has 1 aromatic carbocycles. The van der Waals surface area contributed by atoms with E-state index in [1.54, 1.807) is 12.1 Å². The number of nitrogens with zero attached hydrogens (tertiary/aromatic N) is 3. The van der Waals surface area contributed by atoms with Gasteiger partial charge in [-0.05, 0) is 86.6 Å². The maximum absolute atomic E-state index is 11.9. The van der Waals surface area contributed by atoms with Crippen molar-refractivity contribution in [2.45, 2.75) is 56.9 Å². The van der Waals surface area contributed by atoms with Gasteiger partial charge >= 0.3 is 0 Å². The van der Waals surface area contributed by atoms with Crippen LogP contribution in [0.5, 0.6) is 0 Å². The number of carbonyl (C=O) groups excluding carboxylic acids is 2.